The molecule has 0 aliphatic carbocycles. The first kappa shape index (κ1) is 21.7. The SMILES string of the molecule is C[C@H](CN)NC(=O)c1cncc(-c2cnc(Cl)c(NS(=O)(=O)c3ccccc3)c2)c1. The fraction of sp³-hybridized carbons (Fsp3) is 0.150. The standard InChI is InChI=1S/C20H20ClN5O3S/c1-13(9-22)25-20(27)16-7-14(10-23-11-16)15-8-18(19(21)24-12-15)26-30(28,29)17-5-3-2-4-6-17/h2-8,10-13,26H,9,22H2,1H3,(H,25,27)/t13-/m1/s1. The first-order chi connectivity index (χ1) is 14.3. The van der Waals surface area contributed by atoms with Gasteiger partial charge in [-0.25, -0.2) is 13.4 Å². The summed E-state index contributed by atoms with van der Waals surface area (Å²) in [6, 6.07) is 10.9. The second-order valence-corrected chi connectivity index (χ2v) is 8.59. The van der Waals surface area contributed by atoms with Gasteiger partial charge in [0.05, 0.1) is 16.1 Å². The fourth-order valence-electron chi connectivity index (χ4n) is 2.57. The summed E-state index contributed by atoms with van der Waals surface area (Å²) in [7, 11) is -3.84. The number of nitrogens with zero attached hydrogens (tertiary/aromatic N) is 2. The molecule has 10 heteroatoms. The first-order valence-corrected chi connectivity index (χ1v) is 10.9. The molecule has 0 bridgehead atoms. The van der Waals surface area contributed by atoms with Crippen LogP contribution in [0, 0.1) is 0 Å². The van der Waals surface area contributed by atoms with Gasteiger partial charge in [-0.3, -0.25) is 14.5 Å². The van der Waals surface area contributed by atoms with Gasteiger partial charge in [-0.15, -0.1) is 0 Å². The molecule has 0 spiro atoms. The average Bonchev–Trinajstić information content (AvgIpc) is 2.75. The minimum Gasteiger partial charge on any atom is -0.348 e. The maximum Gasteiger partial charge on any atom is 0.261 e. The highest BCUT2D eigenvalue weighted by Gasteiger charge is 2.17. The minimum absolute atomic E-state index is 0.00289. The van der Waals surface area contributed by atoms with Gasteiger partial charge < -0.3 is 11.1 Å². The van der Waals surface area contributed by atoms with Crippen molar-refractivity contribution in [1.29, 1.82) is 0 Å². The van der Waals surface area contributed by atoms with E-state index in [1.807, 2.05) is 0 Å². The molecule has 1 aromatic carbocycles. The van der Waals surface area contributed by atoms with Gasteiger partial charge in [0.2, 0.25) is 0 Å². The zero-order chi connectivity index (χ0) is 21.7. The van der Waals surface area contributed by atoms with Gasteiger partial charge in [-0.2, -0.15) is 0 Å². The summed E-state index contributed by atoms with van der Waals surface area (Å²) in [6.07, 6.45) is 4.46. The highest BCUT2D eigenvalue weighted by atomic mass is 35.5. The normalized spacial score (nSPS) is 12.2. The molecular formula is C20H20ClN5O3S. The second kappa shape index (κ2) is 9.21. The maximum absolute atomic E-state index is 12.6. The monoisotopic (exact) mass is 445 g/mol. The van der Waals surface area contributed by atoms with Crippen molar-refractivity contribution in [2.75, 3.05) is 11.3 Å². The molecule has 0 aliphatic heterocycles. The van der Waals surface area contributed by atoms with Gasteiger partial charge in [0.1, 0.15) is 0 Å². The van der Waals surface area contributed by atoms with Gasteiger partial charge in [-0.05, 0) is 31.2 Å². The summed E-state index contributed by atoms with van der Waals surface area (Å²) in [4.78, 5) is 20.6. The molecule has 8 nitrogen and oxygen atoms in total. The Hall–Kier alpha value is -3.01. The Labute approximate surface area is 179 Å². The van der Waals surface area contributed by atoms with E-state index in [1.165, 1.54) is 30.6 Å². The third-order valence-electron chi connectivity index (χ3n) is 4.20. The van der Waals surface area contributed by atoms with E-state index in [0.717, 1.165) is 0 Å². The number of carbonyl (C=O) groups is 1. The van der Waals surface area contributed by atoms with Crippen molar-refractivity contribution in [3.63, 3.8) is 0 Å². The number of rotatable bonds is 7. The van der Waals surface area contributed by atoms with Gasteiger partial charge in [0.15, 0.2) is 5.15 Å². The van der Waals surface area contributed by atoms with Crippen LogP contribution in [0.2, 0.25) is 5.15 Å². The van der Waals surface area contributed by atoms with Crippen LogP contribution in [0.5, 0.6) is 0 Å². The number of pyridine rings is 2. The van der Waals surface area contributed by atoms with E-state index in [4.69, 9.17) is 17.3 Å². The largest absolute Gasteiger partial charge is 0.348 e. The molecule has 4 N–H and O–H groups in total. The van der Waals surface area contributed by atoms with Crippen molar-refractivity contribution < 1.29 is 13.2 Å². The number of nitrogens with two attached hydrogens (primary N) is 1. The Morgan fingerprint density at radius 3 is 2.53 bits per heavy atom. The Balaban J connectivity index is 1.90. The van der Waals surface area contributed by atoms with Gasteiger partial charge in [-0.1, -0.05) is 29.8 Å². The van der Waals surface area contributed by atoms with Crippen LogP contribution < -0.4 is 15.8 Å². The summed E-state index contributed by atoms with van der Waals surface area (Å²) < 4.78 is 27.7. The molecule has 0 unspecified atom stereocenters. The van der Waals surface area contributed by atoms with Crippen LogP contribution in [0.25, 0.3) is 11.1 Å². The van der Waals surface area contributed by atoms with Crippen LogP contribution in [0.4, 0.5) is 5.69 Å². The van der Waals surface area contributed by atoms with Crippen LogP contribution in [0.3, 0.4) is 0 Å². The Morgan fingerprint density at radius 1 is 1.13 bits per heavy atom. The van der Waals surface area contributed by atoms with Gasteiger partial charge in [0.25, 0.3) is 15.9 Å². The molecule has 1 amide bonds. The van der Waals surface area contributed by atoms with Crippen LogP contribution in [0.15, 0.2) is 66.0 Å². The summed E-state index contributed by atoms with van der Waals surface area (Å²) in [5.74, 6) is -0.311. The lowest BCUT2D eigenvalue weighted by molar-refractivity contribution is 0.0941. The molecule has 30 heavy (non-hydrogen) atoms. The van der Waals surface area contributed by atoms with Crippen molar-refractivity contribution in [1.82, 2.24) is 15.3 Å². The topological polar surface area (TPSA) is 127 Å². The molecule has 2 heterocycles. The third kappa shape index (κ3) is 5.12. The number of benzene rings is 1. The summed E-state index contributed by atoms with van der Waals surface area (Å²) in [5, 5.41) is 2.76. The minimum atomic E-state index is -3.84. The maximum atomic E-state index is 12.6. The van der Waals surface area contributed by atoms with E-state index in [0.29, 0.717) is 23.2 Å². The van der Waals surface area contributed by atoms with Crippen molar-refractivity contribution >= 4 is 33.2 Å². The molecule has 0 aliphatic rings. The van der Waals surface area contributed by atoms with Gasteiger partial charge >= 0.3 is 0 Å². The molecule has 0 saturated carbocycles. The first-order valence-electron chi connectivity index (χ1n) is 9.00. The zero-order valence-electron chi connectivity index (χ0n) is 16.0. The average molecular weight is 446 g/mol. The van der Waals surface area contributed by atoms with Gasteiger partial charge in [0, 0.05) is 42.3 Å². The summed E-state index contributed by atoms with van der Waals surface area (Å²) in [5.41, 5.74) is 7.11. The molecule has 0 saturated heterocycles. The van der Waals surface area contributed by atoms with E-state index >= 15 is 0 Å². The molecule has 3 aromatic rings. The van der Waals surface area contributed by atoms with E-state index in [9.17, 15) is 13.2 Å². The van der Waals surface area contributed by atoms with E-state index in [1.54, 1.807) is 37.4 Å². The predicted molar refractivity (Wildman–Crippen MR) is 116 cm³/mol. The quantitative estimate of drug-likeness (QED) is 0.480. The number of nitrogens with one attached hydrogen (secondary N) is 2. The smallest absolute Gasteiger partial charge is 0.261 e. The van der Waals surface area contributed by atoms with Crippen molar-refractivity contribution in [2.45, 2.75) is 17.9 Å². The van der Waals surface area contributed by atoms with Crippen molar-refractivity contribution in [3.8, 4) is 11.1 Å². The number of hydrogen-bond acceptors (Lipinski definition) is 6. The number of aromatic nitrogens is 2. The lowest BCUT2D eigenvalue weighted by Gasteiger charge is -2.13. The third-order valence-corrected chi connectivity index (χ3v) is 5.88. The molecule has 0 radical (unpaired) electrons. The molecule has 156 valence electrons. The zero-order valence-corrected chi connectivity index (χ0v) is 17.6. The number of sulfonamides is 1. The lowest BCUT2D eigenvalue weighted by atomic mass is 10.1. The van der Waals surface area contributed by atoms with E-state index in [-0.39, 0.29) is 27.7 Å². The van der Waals surface area contributed by atoms with Crippen molar-refractivity contribution in [2.24, 2.45) is 5.73 Å². The Bertz CT molecular complexity index is 1160. The van der Waals surface area contributed by atoms with Crippen LogP contribution in [-0.4, -0.2) is 36.9 Å². The lowest BCUT2D eigenvalue weighted by Crippen LogP contribution is -2.37. The van der Waals surface area contributed by atoms with Crippen LogP contribution >= 0.6 is 11.6 Å². The summed E-state index contributed by atoms with van der Waals surface area (Å²) >= 11 is 6.10. The fourth-order valence-corrected chi connectivity index (χ4v) is 3.85. The van der Waals surface area contributed by atoms with Crippen LogP contribution in [-0.2, 0) is 10.0 Å². The number of hydrogen-bond donors (Lipinski definition) is 3. The number of halogens is 1. The van der Waals surface area contributed by atoms with Crippen molar-refractivity contribution in [3.05, 3.63) is 71.8 Å². The molecular weight excluding hydrogens is 426 g/mol. The highest BCUT2D eigenvalue weighted by Crippen LogP contribution is 2.28. The predicted octanol–water partition coefficient (Wildman–Crippen LogP) is 2.67. The van der Waals surface area contributed by atoms with E-state index in [2.05, 4.69) is 20.0 Å². The molecule has 3 rings (SSSR count). The molecule has 0 fully saturated rings. The highest BCUT2D eigenvalue weighted by molar-refractivity contribution is 7.92. The molecule has 2 aromatic heterocycles. The summed E-state index contributed by atoms with van der Waals surface area (Å²) in [6.45, 7) is 2.11. The number of anilines is 1. The number of carbonyl (C=O) groups excluding carboxylic acids is 1. The molecule has 1 atom stereocenters. The number of amides is 1. The van der Waals surface area contributed by atoms with E-state index < -0.39 is 10.0 Å². The van der Waals surface area contributed by atoms with Crippen LogP contribution in [0.1, 0.15) is 17.3 Å². The second-order valence-electron chi connectivity index (χ2n) is 6.55. The Kier molecular flexibility index (Phi) is 6.66. The Morgan fingerprint density at radius 2 is 1.83 bits per heavy atom.